The summed E-state index contributed by atoms with van der Waals surface area (Å²) in [5.41, 5.74) is 0. The largest absolute Gasteiger partial charge is 0.396 e. The van der Waals surface area contributed by atoms with Gasteiger partial charge in [0.1, 0.15) is 0 Å². The van der Waals surface area contributed by atoms with Crippen LogP contribution in [0.3, 0.4) is 0 Å². The minimum absolute atomic E-state index is 0.185. The molecule has 0 unspecified atom stereocenters. The maximum atomic E-state index is 9.24. The summed E-state index contributed by atoms with van der Waals surface area (Å²) in [5, 5.41) is 21.2. The highest BCUT2D eigenvalue weighted by Gasteiger charge is 2.16. The molecular weight excluding hydrogens is 130 g/mol. The second-order valence-electron chi connectivity index (χ2n) is 2.93. The normalized spacial score (nSPS) is 35.4. The van der Waals surface area contributed by atoms with Crippen LogP contribution in [0.1, 0.15) is 12.8 Å². The maximum absolute atomic E-state index is 9.24. The van der Waals surface area contributed by atoms with Crippen LogP contribution in [0.4, 0.5) is 0 Å². The number of aliphatic hydroxyl groups excluding tert-OH is 2. The molecule has 0 saturated carbocycles. The molecule has 1 heterocycles. The lowest BCUT2D eigenvalue weighted by Gasteiger charge is -2.11. The van der Waals surface area contributed by atoms with E-state index in [0.29, 0.717) is 0 Å². The Morgan fingerprint density at radius 2 is 2.30 bits per heavy atom. The molecule has 0 aromatic rings. The van der Waals surface area contributed by atoms with E-state index in [-0.39, 0.29) is 18.6 Å². The van der Waals surface area contributed by atoms with E-state index in [4.69, 9.17) is 5.11 Å². The van der Waals surface area contributed by atoms with Gasteiger partial charge in [0.15, 0.2) is 0 Å². The molecule has 0 bridgehead atoms. The summed E-state index contributed by atoms with van der Waals surface area (Å²) in [4.78, 5) is 0. The third-order valence-corrected chi connectivity index (χ3v) is 1.95. The molecule has 3 nitrogen and oxygen atoms in total. The van der Waals surface area contributed by atoms with Crippen molar-refractivity contribution in [1.82, 2.24) is 5.32 Å². The molecule has 0 amide bonds. The van der Waals surface area contributed by atoms with Gasteiger partial charge in [0, 0.05) is 13.2 Å². The van der Waals surface area contributed by atoms with Crippen LogP contribution in [0.15, 0.2) is 0 Å². The smallest absolute Gasteiger partial charge is 0.0556 e. The van der Waals surface area contributed by atoms with Crippen LogP contribution >= 0.6 is 0 Å². The minimum atomic E-state index is -0.216. The first kappa shape index (κ1) is 7.98. The summed E-state index contributed by atoms with van der Waals surface area (Å²) in [7, 11) is 0. The van der Waals surface area contributed by atoms with Gasteiger partial charge in [-0.1, -0.05) is 0 Å². The zero-order chi connectivity index (χ0) is 7.40. The molecule has 0 aromatic heterocycles. The maximum Gasteiger partial charge on any atom is 0.0556 e. The monoisotopic (exact) mass is 145 g/mol. The number of aliphatic hydroxyl groups is 2. The number of hydrogen-bond donors (Lipinski definition) is 3. The SMILES string of the molecule is OC[C@H]1CNCC[C@@H](O)C1. The fourth-order valence-corrected chi connectivity index (χ4v) is 1.30. The Labute approximate surface area is 61.1 Å². The number of rotatable bonds is 1. The molecule has 10 heavy (non-hydrogen) atoms. The van der Waals surface area contributed by atoms with Gasteiger partial charge >= 0.3 is 0 Å². The lowest BCUT2D eigenvalue weighted by atomic mass is 10.0. The third-order valence-electron chi connectivity index (χ3n) is 1.95. The van der Waals surface area contributed by atoms with Crippen LogP contribution in [0, 0.1) is 5.92 Å². The lowest BCUT2D eigenvalue weighted by Crippen LogP contribution is -2.22. The van der Waals surface area contributed by atoms with Gasteiger partial charge in [-0.15, -0.1) is 0 Å². The summed E-state index contributed by atoms with van der Waals surface area (Å²) in [6, 6.07) is 0. The zero-order valence-corrected chi connectivity index (χ0v) is 6.08. The molecule has 1 rings (SSSR count). The molecule has 1 fully saturated rings. The van der Waals surface area contributed by atoms with E-state index in [2.05, 4.69) is 5.32 Å². The summed E-state index contributed by atoms with van der Waals surface area (Å²) >= 11 is 0. The first-order chi connectivity index (χ1) is 4.83. The predicted octanol–water partition coefficient (Wildman–Crippen LogP) is -0.661. The Morgan fingerprint density at radius 1 is 1.50 bits per heavy atom. The molecule has 1 aliphatic heterocycles. The quantitative estimate of drug-likeness (QED) is 0.459. The average Bonchev–Trinajstić information content (AvgIpc) is 2.13. The highest BCUT2D eigenvalue weighted by Crippen LogP contribution is 2.10. The van der Waals surface area contributed by atoms with Crippen molar-refractivity contribution in [2.45, 2.75) is 18.9 Å². The van der Waals surface area contributed by atoms with Crippen molar-refractivity contribution >= 4 is 0 Å². The van der Waals surface area contributed by atoms with Crippen molar-refractivity contribution in [1.29, 1.82) is 0 Å². The van der Waals surface area contributed by atoms with Crippen molar-refractivity contribution in [3.63, 3.8) is 0 Å². The summed E-state index contributed by atoms with van der Waals surface area (Å²) in [5.74, 6) is 0.248. The van der Waals surface area contributed by atoms with Crippen molar-refractivity contribution < 1.29 is 10.2 Å². The highest BCUT2D eigenvalue weighted by atomic mass is 16.3. The number of nitrogens with one attached hydrogen (secondary N) is 1. The Kier molecular flexibility index (Phi) is 3.12. The van der Waals surface area contributed by atoms with E-state index in [9.17, 15) is 5.11 Å². The molecule has 0 spiro atoms. The molecule has 0 aromatic carbocycles. The number of hydrogen-bond acceptors (Lipinski definition) is 3. The van der Waals surface area contributed by atoms with E-state index in [1.807, 2.05) is 0 Å². The van der Waals surface area contributed by atoms with Crippen molar-refractivity contribution in [2.24, 2.45) is 5.92 Å². The van der Waals surface area contributed by atoms with Gasteiger partial charge in [-0.2, -0.15) is 0 Å². The van der Waals surface area contributed by atoms with Gasteiger partial charge in [0.25, 0.3) is 0 Å². The molecule has 2 atom stereocenters. The Balaban J connectivity index is 2.30. The molecule has 3 N–H and O–H groups in total. The summed E-state index contributed by atoms with van der Waals surface area (Å²) < 4.78 is 0. The first-order valence-corrected chi connectivity index (χ1v) is 3.82. The van der Waals surface area contributed by atoms with Gasteiger partial charge < -0.3 is 15.5 Å². The van der Waals surface area contributed by atoms with E-state index in [1.165, 1.54) is 0 Å². The van der Waals surface area contributed by atoms with Crippen LogP contribution in [-0.2, 0) is 0 Å². The fraction of sp³-hybridized carbons (Fsp3) is 1.00. The van der Waals surface area contributed by atoms with Gasteiger partial charge in [-0.25, -0.2) is 0 Å². The van der Waals surface area contributed by atoms with E-state index in [1.54, 1.807) is 0 Å². The Hall–Kier alpha value is -0.120. The predicted molar refractivity (Wildman–Crippen MR) is 38.7 cm³/mol. The van der Waals surface area contributed by atoms with Gasteiger partial charge in [-0.3, -0.25) is 0 Å². The average molecular weight is 145 g/mol. The topological polar surface area (TPSA) is 52.5 Å². The molecule has 0 aliphatic carbocycles. The van der Waals surface area contributed by atoms with E-state index < -0.39 is 0 Å². The Morgan fingerprint density at radius 3 is 3.00 bits per heavy atom. The van der Waals surface area contributed by atoms with Crippen LogP contribution in [0.5, 0.6) is 0 Å². The zero-order valence-electron chi connectivity index (χ0n) is 6.08. The van der Waals surface area contributed by atoms with Crippen molar-refractivity contribution in [3.05, 3.63) is 0 Å². The van der Waals surface area contributed by atoms with Crippen LogP contribution in [-0.4, -0.2) is 36.0 Å². The second kappa shape index (κ2) is 3.91. The molecular formula is C7H15NO2. The second-order valence-corrected chi connectivity index (χ2v) is 2.93. The molecule has 3 heteroatoms. The van der Waals surface area contributed by atoms with Gasteiger partial charge in [0.2, 0.25) is 0 Å². The highest BCUT2D eigenvalue weighted by molar-refractivity contribution is 4.71. The van der Waals surface area contributed by atoms with Crippen LogP contribution in [0.2, 0.25) is 0 Å². The fourth-order valence-electron chi connectivity index (χ4n) is 1.30. The standard InChI is InChI=1S/C7H15NO2/c9-5-6-3-7(10)1-2-8-4-6/h6-10H,1-5H2/t6-,7-/m1/s1. The molecule has 60 valence electrons. The molecule has 0 radical (unpaired) electrons. The van der Waals surface area contributed by atoms with Crippen LogP contribution in [0.25, 0.3) is 0 Å². The van der Waals surface area contributed by atoms with Crippen molar-refractivity contribution in [3.8, 4) is 0 Å². The van der Waals surface area contributed by atoms with E-state index in [0.717, 1.165) is 25.9 Å². The third kappa shape index (κ3) is 2.25. The Bertz CT molecular complexity index is 97.6. The molecule has 1 saturated heterocycles. The summed E-state index contributed by atoms with van der Waals surface area (Å²) in [6.07, 6.45) is 1.34. The molecule has 1 aliphatic rings. The van der Waals surface area contributed by atoms with Crippen molar-refractivity contribution in [2.75, 3.05) is 19.7 Å². The van der Waals surface area contributed by atoms with Gasteiger partial charge in [0.05, 0.1) is 6.10 Å². The summed E-state index contributed by atoms with van der Waals surface area (Å²) in [6.45, 7) is 1.90. The van der Waals surface area contributed by atoms with Gasteiger partial charge in [-0.05, 0) is 25.3 Å². The van der Waals surface area contributed by atoms with E-state index >= 15 is 0 Å². The minimum Gasteiger partial charge on any atom is -0.396 e. The lowest BCUT2D eigenvalue weighted by molar-refractivity contribution is 0.123. The van der Waals surface area contributed by atoms with Crippen LogP contribution < -0.4 is 5.32 Å². The first-order valence-electron chi connectivity index (χ1n) is 3.82.